The number of rotatable bonds is 6. The van der Waals surface area contributed by atoms with Crippen LogP contribution >= 0.6 is 11.6 Å². The van der Waals surface area contributed by atoms with Crippen LogP contribution < -0.4 is 5.32 Å². The molecule has 17 heavy (non-hydrogen) atoms. The van der Waals surface area contributed by atoms with Crippen molar-refractivity contribution in [3.05, 3.63) is 34.6 Å². The quantitative estimate of drug-likeness (QED) is 0.799. The normalized spacial score (nSPS) is 13.1. The van der Waals surface area contributed by atoms with Gasteiger partial charge >= 0.3 is 0 Å². The SMILES string of the molecule is COC(OC)C(C)NCc1cc(Cl)ccc1F. The molecule has 0 saturated carbocycles. The van der Waals surface area contributed by atoms with E-state index in [1.54, 1.807) is 20.3 Å². The van der Waals surface area contributed by atoms with Gasteiger partial charge in [-0.2, -0.15) is 0 Å². The highest BCUT2D eigenvalue weighted by molar-refractivity contribution is 6.30. The molecule has 1 aromatic carbocycles. The van der Waals surface area contributed by atoms with Gasteiger partial charge in [0.2, 0.25) is 0 Å². The molecule has 0 bridgehead atoms. The molecule has 1 rings (SSSR count). The van der Waals surface area contributed by atoms with Gasteiger partial charge in [0.25, 0.3) is 0 Å². The molecule has 0 radical (unpaired) electrons. The number of hydrogen-bond acceptors (Lipinski definition) is 3. The summed E-state index contributed by atoms with van der Waals surface area (Å²) < 4.78 is 23.6. The molecule has 3 nitrogen and oxygen atoms in total. The molecule has 0 aliphatic carbocycles. The average molecular weight is 262 g/mol. The molecular weight excluding hydrogens is 245 g/mol. The standard InChI is InChI=1S/C12H17ClFNO2/c1-8(12(16-2)17-3)15-7-9-6-10(13)4-5-11(9)14/h4-6,8,12,15H,7H2,1-3H3. The minimum Gasteiger partial charge on any atom is -0.354 e. The zero-order valence-corrected chi connectivity index (χ0v) is 10.9. The van der Waals surface area contributed by atoms with Crippen molar-refractivity contribution >= 4 is 11.6 Å². The lowest BCUT2D eigenvalue weighted by molar-refractivity contribution is -0.119. The number of hydrogen-bond donors (Lipinski definition) is 1. The van der Waals surface area contributed by atoms with Crippen LogP contribution in [-0.2, 0) is 16.0 Å². The number of ether oxygens (including phenoxy) is 2. The molecule has 0 heterocycles. The first-order chi connectivity index (χ1) is 8.08. The van der Waals surface area contributed by atoms with E-state index >= 15 is 0 Å². The van der Waals surface area contributed by atoms with Crippen LogP contribution in [0, 0.1) is 5.82 Å². The van der Waals surface area contributed by atoms with Gasteiger partial charge in [0.1, 0.15) is 5.82 Å². The first-order valence-corrected chi connectivity index (χ1v) is 5.69. The van der Waals surface area contributed by atoms with E-state index < -0.39 is 0 Å². The highest BCUT2D eigenvalue weighted by Crippen LogP contribution is 2.15. The second kappa shape index (κ2) is 6.91. The first kappa shape index (κ1) is 14.4. The largest absolute Gasteiger partial charge is 0.354 e. The average Bonchev–Trinajstić information content (AvgIpc) is 2.32. The predicted molar refractivity (Wildman–Crippen MR) is 65.5 cm³/mol. The fourth-order valence-corrected chi connectivity index (χ4v) is 1.75. The summed E-state index contributed by atoms with van der Waals surface area (Å²) in [6.45, 7) is 2.27. The zero-order chi connectivity index (χ0) is 12.8. The summed E-state index contributed by atoms with van der Waals surface area (Å²) in [5.74, 6) is -0.277. The Morgan fingerprint density at radius 2 is 2.00 bits per heavy atom. The number of nitrogens with one attached hydrogen (secondary N) is 1. The first-order valence-electron chi connectivity index (χ1n) is 5.31. The van der Waals surface area contributed by atoms with Crippen molar-refractivity contribution < 1.29 is 13.9 Å². The van der Waals surface area contributed by atoms with Crippen molar-refractivity contribution in [1.29, 1.82) is 0 Å². The second-order valence-corrected chi connectivity index (χ2v) is 4.18. The third-order valence-corrected chi connectivity index (χ3v) is 2.73. The summed E-state index contributed by atoms with van der Waals surface area (Å²) in [5, 5.41) is 3.64. The minimum absolute atomic E-state index is 0.0524. The van der Waals surface area contributed by atoms with Crippen LogP contribution in [0.2, 0.25) is 5.02 Å². The maximum absolute atomic E-state index is 13.4. The lowest BCUT2D eigenvalue weighted by atomic mass is 10.2. The Kier molecular flexibility index (Phi) is 5.85. The van der Waals surface area contributed by atoms with Crippen molar-refractivity contribution in [3.63, 3.8) is 0 Å². The maximum Gasteiger partial charge on any atom is 0.171 e. The smallest absolute Gasteiger partial charge is 0.171 e. The minimum atomic E-state index is -0.364. The lowest BCUT2D eigenvalue weighted by Crippen LogP contribution is -2.39. The molecule has 0 aliphatic rings. The van der Waals surface area contributed by atoms with E-state index in [4.69, 9.17) is 21.1 Å². The van der Waals surface area contributed by atoms with Crippen molar-refractivity contribution in [2.75, 3.05) is 14.2 Å². The van der Waals surface area contributed by atoms with Gasteiger partial charge in [0.05, 0.1) is 6.04 Å². The van der Waals surface area contributed by atoms with E-state index in [-0.39, 0.29) is 18.1 Å². The molecule has 0 spiro atoms. The molecule has 5 heteroatoms. The third kappa shape index (κ3) is 4.24. The van der Waals surface area contributed by atoms with Gasteiger partial charge in [0.15, 0.2) is 6.29 Å². The molecule has 1 atom stereocenters. The lowest BCUT2D eigenvalue weighted by Gasteiger charge is -2.22. The Hall–Kier alpha value is -0.680. The highest BCUT2D eigenvalue weighted by Gasteiger charge is 2.15. The van der Waals surface area contributed by atoms with E-state index in [1.807, 2.05) is 6.92 Å². The van der Waals surface area contributed by atoms with Crippen molar-refractivity contribution in [2.45, 2.75) is 25.8 Å². The molecule has 0 fully saturated rings. The van der Waals surface area contributed by atoms with Crippen molar-refractivity contribution in [1.82, 2.24) is 5.32 Å². The summed E-state index contributed by atoms with van der Waals surface area (Å²) in [7, 11) is 3.12. The Balaban J connectivity index is 2.57. The van der Waals surface area contributed by atoms with Crippen LogP contribution in [0.4, 0.5) is 4.39 Å². The molecule has 0 aromatic heterocycles. The Labute approximate surface area is 106 Å². The summed E-state index contributed by atoms with van der Waals surface area (Å²) in [6, 6.07) is 4.43. The molecule has 1 N–H and O–H groups in total. The summed E-state index contributed by atoms with van der Waals surface area (Å²) in [5.41, 5.74) is 0.523. The topological polar surface area (TPSA) is 30.5 Å². The Morgan fingerprint density at radius 1 is 1.35 bits per heavy atom. The number of methoxy groups -OCH3 is 2. The van der Waals surface area contributed by atoms with Crippen LogP contribution in [0.15, 0.2) is 18.2 Å². The second-order valence-electron chi connectivity index (χ2n) is 3.75. The zero-order valence-electron chi connectivity index (χ0n) is 10.2. The molecule has 0 aliphatic heterocycles. The summed E-state index contributed by atoms with van der Waals surface area (Å²) >= 11 is 5.81. The molecule has 1 unspecified atom stereocenters. The Morgan fingerprint density at radius 3 is 2.59 bits per heavy atom. The van der Waals surface area contributed by atoms with Gasteiger partial charge in [-0.3, -0.25) is 0 Å². The van der Waals surface area contributed by atoms with E-state index in [2.05, 4.69) is 5.32 Å². The van der Waals surface area contributed by atoms with Crippen LogP contribution in [-0.4, -0.2) is 26.6 Å². The van der Waals surface area contributed by atoms with Gasteiger partial charge in [-0.15, -0.1) is 0 Å². The maximum atomic E-state index is 13.4. The molecule has 0 saturated heterocycles. The van der Waals surface area contributed by atoms with Crippen LogP contribution in [0.1, 0.15) is 12.5 Å². The van der Waals surface area contributed by atoms with Gasteiger partial charge in [-0.1, -0.05) is 11.6 Å². The fraction of sp³-hybridized carbons (Fsp3) is 0.500. The van der Waals surface area contributed by atoms with Gasteiger partial charge in [-0.05, 0) is 25.1 Å². The van der Waals surface area contributed by atoms with Crippen LogP contribution in [0.3, 0.4) is 0 Å². The van der Waals surface area contributed by atoms with Crippen molar-refractivity contribution in [3.8, 4) is 0 Å². The predicted octanol–water partition coefficient (Wildman–Crippen LogP) is 2.58. The van der Waals surface area contributed by atoms with Gasteiger partial charge in [0, 0.05) is 31.4 Å². The van der Waals surface area contributed by atoms with Crippen LogP contribution in [0.5, 0.6) is 0 Å². The third-order valence-electron chi connectivity index (χ3n) is 2.50. The van der Waals surface area contributed by atoms with E-state index in [0.717, 1.165) is 0 Å². The monoisotopic (exact) mass is 261 g/mol. The van der Waals surface area contributed by atoms with Crippen molar-refractivity contribution in [2.24, 2.45) is 0 Å². The molecular formula is C12H17ClFNO2. The number of halogens is 2. The van der Waals surface area contributed by atoms with E-state index in [1.165, 1.54) is 12.1 Å². The molecule has 1 aromatic rings. The molecule has 0 amide bonds. The van der Waals surface area contributed by atoms with Gasteiger partial charge < -0.3 is 14.8 Å². The molecule has 96 valence electrons. The van der Waals surface area contributed by atoms with Gasteiger partial charge in [-0.25, -0.2) is 4.39 Å². The summed E-state index contributed by atoms with van der Waals surface area (Å²) in [6.07, 6.45) is -0.364. The summed E-state index contributed by atoms with van der Waals surface area (Å²) in [4.78, 5) is 0. The highest BCUT2D eigenvalue weighted by atomic mass is 35.5. The van der Waals surface area contributed by atoms with E-state index in [9.17, 15) is 4.39 Å². The van der Waals surface area contributed by atoms with E-state index in [0.29, 0.717) is 17.1 Å². The Bertz CT molecular complexity index is 358. The fourth-order valence-electron chi connectivity index (χ4n) is 1.55. The van der Waals surface area contributed by atoms with Crippen LogP contribution in [0.25, 0.3) is 0 Å². The number of benzene rings is 1.